The molecule has 0 saturated heterocycles. The number of amides is 1. The van der Waals surface area contributed by atoms with Gasteiger partial charge in [-0.05, 0) is 17.7 Å². The van der Waals surface area contributed by atoms with Crippen molar-refractivity contribution in [1.29, 1.82) is 0 Å². The van der Waals surface area contributed by atoms with Crippen molar-refractivity contribution in [3.8, 4) is 0 Å². The van der Waals surface area contributed by atoms with Crippen LogP contribution in [-0.4, -0.2) is 17.6 Å². The fraction of sp³-hybridized carbons (Fsp3) is 0.300. The summed E-state index contributed by atoms with van der Waals surface area (Å²) < 4.78 is 0. The van der Waals surface area contributed by atoms with E-state index in [0.717, 1.165) is 5.56 Å². The van der Waals surface area contributed by atoms with Crippen LogP contribution in [0.25, 0.3) is 0 Å². The summed E-state index contributed by atoms with van der Waals surface area (Å²) in [7, 11) is 0. The molecule has 1 aliphatic heterocycles. The summed E-state index contributed by atoms with van der Waals surface area (Å²) in [6, 6.07) is 5.31. The van der Waals surface area contributed by atoms with Gasteiger partial charge in [0.1, 0.15) is 0 Å². The molecule has 2 rings (SSSR count). The lowest BCUT2D eigenvalue weighted by Crippen LogP contribution is -2.24. The number of halogens is 1. The predicted octanol–water partition coefficient (Wildman–Crippen LogP) is 1.76. The molecule has 0 radical (unpaired) electrons. The Labute approximate surface area is 86.7 Å². The molecule has 14 heavy (non-hydrogen) atoms. The molecule has 1 unspecified atom stereocenters. The summed E-state index contributed by atoms with van der Waals surface area (Å²) in [5.41, 5.74) is 1.67. The third-order valence-corrected chi connectivity index (χ3v) is 2.62. The molecule has 1 heterocycles. The van der Waals surface area contributed by atoms with E-state index in [1.54, 1.807) is 12.1 Å². The zero-order chi connectivity index (χ0) is 10.1. The Morgan fingerprint density at radius 2 is 2.36 bits per heavy atom. The van der Waals surface area contributed by atoms with Crippen LogP contribution in [0.15, 0.2) is 18.2 Å². The van der Waals surface area contributed by atoms with Crippen molar-refractivity contribution < 1.29 is 9.90 Å². The van der Waals surface area contributed by atoms with Crippen molar-refractivity contribution in [2.75, 3.05) is 11.9 Å². The first-order valence-corrected chi connectivity index (χ1v) is 4.78. The third kappa shape index (κ3) is 1.61. The molecule has 74 valence electrons. The lowest BCUT2D eigenvalue weighted by molar-refractivity contribution is -0.117. The van der Waals surface area contributed by atoms with Crippen LogP contribution >= 0.6 is 11.6 Å². The van der Waals surface area contributed by atoms with Gasteiger partial charge in [-0.1, -0.05) is 17.7 Å². The van der Waals surface area contributed by atoms with Gasteiger partial charge in [0.05, 0.1) is 6.61 Å². The SMILES string of the molecule is O=C1CC(CO)c2ccc(Cl)cc2N1. The van der Waals surface area contributed by atoms with E-state index in [1.165, 1.54) is 0 Å². The third-order valence-electron chi connectivity index (χ3n) is 2.38. The van der Waals surface area contributed by atoms with E-state index in [4.69, 9.17) is 16.7 Å². The number of rotatable bonds is 1. The lowest BCUT2D eigenvalue weighted by atomic mass is 9.91. The molecule has 0 saturated carbocycles. The van der Waals surface area contributed by atoms with E-state index in [9.17, 15) is 4.79 Å². The predicted molar refractivity (Wildman–Crippen MR) is 54.5 cm³/mol. The molecule has 2 N–H and O–H groups in total. The highest BCUT2D eigenvalue weighted by atomic mass is 35.5. The van der Waals surface area contributed by atoms with Gasteiger partial charge in [0.15, 0.2) is 0 Å². The number of carbonyl (C=O) groups excluding carboxylic acids is 1. The second-order valence-electron chi connectivity index (χ2n) is 3.36. The van der Waals surface area contributed by atoms with Crippen LogP contribution in [0, 0.1) is 0 Å². The average molecular weight is 212 g/mol. The second kappa shape index (κ2) is 3.59. The minimum absolute atomic E-state index is 0.0119. The van der Waals surface area contributed by atoms with Gasteiger partial charge in [-0.15, -0.1) is 0 Å². The van der Waals surface area contributed by atoms with E-state index in [0.29, 0.717) is 17.1 Å². The summed E-state index contributed by atoms with van der Waals surface area (Å²) in [5.74, 6) is -0.171. The van der Waals surface area contributed by atoms with Crippen LogP contribution < -0.4 is 5.32 Å². The highest BCUT2D eigenvalue weighted by Gasteiger charge is 2.24. The maximum absolute atomic E-state index is 11.2. The Balaban J connectivity index is 2.45. The van der Waals surface area contributed by atoms with Crippen molar-refractivity contribution in [1.82, 2.24) is 0 Å². The van der Waals surface area contributed by atoms with Crippen LogP contribution in [-0.2, 0) is 4.79 Å². The fourth-order valence-corrected chi connectivity index (χ4v) is 1.86. The van der Waals surface area contributed by atoms with E-state index in [1.807, 2.05) is 6.07 Å². The molecule has 1 aromatic carbocycles. The van der Waals surface area contributed by atoms with E-state index < -0.39 is 0 Å². The number of anilines is 1. The van der Waals surface area contributed by atoms with Gasteiger partial charge in [0.2, 0.25) is 5.91 Å². The van der Waals surface area contributed by atoms with Crippen molar-refractivity contribution in [2.24, 2.45) is 0 Å². The average Bonchev–Trinajstić information content (AvgIpc) is 2.15. The number of fused-ring (bicyclic) bond motifs is 1. The Morgan fingerprint density at radius 1 is 1.57 bits per heavy atom. The Bertz CT molecular complexity index is 378. The number of aliphatic hydroxyl groups excluding tert-OH is 1. The molecular weight excluding hydrogens is 202 g/mol. The molecule has 1 amide bonds. The first kappa shape index (κ1) is 9.49. The number of hydrogen-bond donors (Lipinski definition) is 2. The topological polar surface area (TPSA) is 49.3 Å². The number of aliphatic hydroxyl groups is 1. The molecule has 0 aliphatic carbocycles. The molecule has 0 fully saturated rings. The minimum Gasteiger partial charge on any atom is -0.396 e. The number of hydrogen-bond acceptors (Lipinski definition) is 2. The summed E-state index contributed by atoms with van der Waals surface area (Å²) in [6.07, 6.45) is 0.338. The molecule has 1 aromatic rings. The highest BCUT2D eigenvalue weighted by Crippen LogP contribution is 2.33. The molecule has 1 aliphatic rings. The van der Waals surface area contributed by atoms with Gasteiger partial charge in [-0.3, -0.25) is 4.79 Å². The summed E-state index contributed by atoms with van der Waals surface area (Å²) in [4.78, 5) is 11.2. The van der Waals surface area contributed by atoms with E-state index >= 15 is 0 Å². The van der Waals surface area contributed by atoms with Gasteiger partial charge < -0.3 is 10.4 Å². The van der Waals surface area contributed by atoms with Gasteiger partial charge in [0.25, 0.3) is 0 Å². The minimum atomic E-state index is -0.101. The smallest absolute Gasteiger partial charge is 0.225 e. The van der Waals surface area contributed by atoms with Crippen LogP contribution in [0.3, 0.4) is 0 Å². The summed E-state index contributed by atoms with van der Waals surface area (Å²) >= 11 is 5.80. The molecule has 0 bridgehead atoms. The molecule has 1 atom stereocenters. The van der Waals surface area contributed by atoms with Crippen molar-refractivity contribution in [2.45, 2.75) is 12.3 Å². The maximum atomic E-state index is 11.2. The van der Waals surface area contributed by atoms with Crippen LogP contribution in [0.2, 0.25) is 5.02 Å². The lowest BCUT2D eigenvalue weighted by Gasteiger charge is -2.23. The normalized spacial score (nSPS) is 20.1. The summed E-state index contributed by atoms with van der Waals surface area (Å²) in [5, 5.41) is 12.4. The Kier molecular flexibility index (Phi) is 2.44. The first-order valence-electron chi connectivity index (χ1n) is 4.41. The second-order valence-corrected chi connectivity index (χ2v) is 3.80. The Morgan fingerprint density at radius 3 is 3.07 bits per heavy atom. The highest BCUT2D eigenvalue weighted by molar-refractivity contribution is 6.31. The standard InChI is InChI=1S/C10H10ClNO2/c11-7-1-2-8-6(5-13)3-10(14)12-9(8)4-7/h1-2,4,6,13H,3,5H2,(H,12,14). The van der Waals surface area contributed by atoms with E-state index in [2.05, 4.69) is 5.32 Å². The van der Waals surface area contributed by atoms with Crippen molar-refractivity contribution in [3.63, 3.8) is 0 Å². The van der Waals surface area contributed by atoms with Crippen LogP contribution in [0.1, 0.15) is 17.9 Å². The monoisotopic (exact) mass is 211 g/mol. The molecule has 3 nitrogen and oxygen atoms in total. The summed E-state index contributed by atoms with van der Waals surface area (Å²) in [6.45, 7) is -0.0119. The molecular formula is C10H10ClNO2. The quantitative estimate of drug-likeness (QED) is 0.744. The van der Waals surface area contributed by atoms with E-state index in [-0.39, 0.29) is 18.4 Å². The number of benzene rings is 1. The molecule has 0 spiro atoms. The Hall–Kier alpha value is -1.06. The van der Waals surface area contributed by atoms with Gasteiger partial charge in [-0.25, -0.2) is 0 Å². The van der Waals surface area contributed by atoms with Crippen molar-refractivity contribution in [3.05, 3.63) is 28.8 Å². The van der Waals surface area contributed by atoms with Gasteiger partial charge in [-0.2, -0.15) is 0 Å². The van der Waals surface area contributed by atoms with Gasteiger partial charge in [0, 0.05) is 23.0 Å². The molecule has 4 heteroatoms. The maximum Gasteiger partial charge on any atom is 0.225 e. The van der Waals surface area contributed by atoms with Crippen molar-refractivity contribution >= 4 is 23.2 Å². The zero-order valence-electron chi connectivity index (χ0n) is 7.46. The zero-order valence-corrected chi connectivity index (χ0v) is 8.21. The van der Waals surface area contributed by atoms with Gasteiger partial charge >= 0.3 is 0 Å². The first-order chi connectivity index (χ1) is 6.70. The largest absolute Gasteiger partial charge is 0.396 e. The number of nitrogens with one attached hydrogen (secondary N) is 1. The van der Waals surface area contributed by atoms with Crippen LogP contribution in [0.4, 0.5) is 5.69 Å². The fourth-order valence-electron chi connectivity index (χ4n) is 1.69. The van der Waals surface area contributed by atoms with Crippen LogP contribution in [0.5, 0.6) is 0 Å². The number of carbonyl (C=O) groups is 1. The molecule has 0 aromatic heterocycles.